The average Bonchev–Trinajstić information content (AvgIpc) is 3.03. The number of fused-ring (bicyclic) bond motifs is 1. The van der Waals surface area contributed by atoms with E-state index in [9.17, 15) is 0 Å². The molecule has 0 amide bonds. The van der Waals surface area contributed by atoms with Crippen LogP contribution in [0, 0.1) is 0 Å². The van der Waals surface area contributed by atoms with Crippen LogP contribution in [-0.2, 0) is 0 Å². The summed E-state index contributed by atoms with van der Waals surface area (Å²) >= 11 is 9.94. The molecule has 0 saturated carbocycles. The molecule has 0 bridgehead atoms. The molecule has 0 aliphatic carbocycles. The highest BCUT2D eigenvalue weighted by atomic mass is 79.9. The van der Waals surface area contributed by atoms with Crippen molar-refractivity contribution in [1.29, 1.82) is 0 Å². The standard InChI is InChI=1S/C17H14BrClN4/c18-12-5-3-4-11(8-12)16-9-15(13-6-1-2-7-14(13)19)22-17-20-10-21-23(16)17/h1-8,10,15-16H,9H2,(H,20,21,22)/t15-,16+/m0/s1. The fraction of sp³-hybridized carbons (Fsp3) is 0.176. The molecule has 23 heavy (non-hydrogen) atoms. The predicted molar refractivity (Wildman–Crippen MR) is 94.7 cm³/mol. The van der Waals surface area contributed by atoms with Gasteiger partial charge in [0.2, 0.25) is 5.95 Å². The molecule has 2 heterocycles. The molecule has 1 aromatic heterocycles. The van der Waals surface area contributed by atoms with Crippen LogP contribution in [0.5, 0.6) is 0 Å². The lowest BCUT2D eigenvalue weighted by Gasteiger charge is -2.32. The topological polar surface area (TPSA) is 42.7 Å². The van der Waals surface area contributed by atoms with Crippen LogP contribution in [0.2, 0.25) is 5.02 Å². The Hall–Kier alpha value is -1.85. The fourth-order valence-corrected chi connectivity index (χ4v) is 3.76. The maximum absolute atomic E-state index is 6.39. The van der Waals surface area contributed by atoms with E-state index in [1.165, 1.54) is 5.56 Å². The van der Waals surface area contributed by atoms with Crippen LogP contribution in [0.4, 0.5) is 5.95 Å². The molecule has 1 aliphatic heterocycles. The largest absolute Gasteiger partial charge is 0.347 e. The number of hydrogen-bond donors (Lipinski definition) is 1. The number of nitrogens with one attached hydrogen (secondary N) is 1. The lowest BCUT2D eigenvalue weighted by Crippen LogP contribution is -2.28. The number of halogens is 2. The Bertz CT molecular complexity index is 848. The van der Waals surface area contributed by atoms with E-state index >= 15 is 0 Å². The second kappa shape index (κ2) is 5.98. The lowest BCUT2D eigenvalue weighted by atomic mass is 9.93. The lowest BCUT2D eigenvalue weighted by molar-refractivity contribution is 0.431. The van der Waals surface area contributed by atoms with E-state index in [0.29, 0.717) is 0 Å². The van der Waals surface area contributed by atoms with Crippen LogP contribution in [0.25, 0.3) is 0 Å². The van der Waals surface area contributed by atoms with Gasteiger partial charge in [-0.1, -0.05) is 57.9 Å². The molecule has 0 unspecified atom stereocenters. The molecule has 116 valence electrons. The van der Waals surface area contributed by atoms with Crippen LogP contribution in [0.15, 0.2) is 59.3 Å². The molecule has 6 heteroatoms. The van der Waals surface area contributed by atoms with E-state index < -0.39 is 0 Å². The number of aromatic nitrogens is 3. The molecule has 1 N–H and O–H groups in total. The minimum Gasteiger partial charge on any atom is -0.347 e. The van der Waals surface area contributed by atoms with Crippen molar-refractivity contribution in [3.63, 3.8) is 0 Å². The highest BCUT2D eigenvalue weighted by Crippen LogP contribution is 2.39. The highest BCUT2D eigenvalue weighted by molar-refractivity contribution is 9.10. The second-order valence-electron chi connectivity index (χ2n) is 5.55. The minimum atomic E-state index is 0.101. The quantitative estimate of drug-likeness (QED) is 0.682. The van der Waals surface area contributed by atoms with Gasteiger partial charge in [0.15, 0.2) is 0 Å². The van der Waals surface area contributed by atoms with Crippen molar-refractivity contribution in [3.8, 4) is 0 Å². The van der Waals surface area contributed by atoms with E-state index in [-0.39, 0.29) is 12.1 Å². The Morgan fingerprint density at radius 3 is 2.87 bits per heavy atom. The number of rotatable bonds is 2. The van der Waals surface area contributed by atoms with Crippen molar-refractivity contribution in [2.24, 2.45) is 0 Å². The predicted octanol–water partition coefficient (Wildman–Crippen LogP) is 4.84. The van der Waals surface area contributed by atoms with Gasteiger partial charge in [-0.15, -0.1) is 0 Å². The second-order valence-corrected chi connectivity index (χ2v) is 6.88. The Morgan fingerprint density at radius 2 is 2.04 bits per heavy atom. The molecule has 1 aliphatic rings. The number of nitrogens with zero attached hydrogens (tertiary/aromatic N) is 3. The summed E-state index contributed by atoms with van der Waals surface area (Å²) in [6.45, 7) is 0. The summed E-state index contributed by atoms with van der Waals surface area (Å²) in [7, 11) is 0. The molecule has 4 nitrogen and oxygen atoms in total. The number of benzene rings is 2. The zero-order chi connectivity index (χ0) is 15.8. The summed E-state index contributed by atoms with van der Waals surface area (Å²) < 4.78 is 3.00. The Kier molecular flexibility index (Phi) is 3.83. The Balaban J connectivity index is 1.77. The van der Waals surface area contributed by atoms with Gasteiger partial charge in [-0.05, 0) is 35.7 Å². The van der Waals surface area contributed by atoms with Crippen molar-refractivity contribution < 1.29 is 0 Å². The normalized spacial score (nSPS) is 19.9. The third kappa shape index (κ3) is 2.75. The van der Waals surface area contributed by atoms with Crippen molar-refractivity contribution in [2.45, 2.75) is 18.5 Å². The molecule has 0 saturated heterocycles. The SMILES string of the molecule is Clc1ccccc1[C@@H]1C[C@H](c2cccc(Br)c2)n2ncnc2N1. The van der Waals surface area contributed by atoms with E-state index in [1.54, 1.807) is 6.33 Å². The Labute approximate surface area is 147 Å². The number of hydrogen-bond acceptors (Lipinski definition) is 3. The van der Waals surface area contributed by atoms with Crippen LogP contribution in [0.1, 0.15) is 29.6 Å². The summed E-state index contributed by atoms with van der Waals surface area (Å²) in [5.41, 5.74) is 2.29. The van der Waals surface area contributed by atoms with Crippen LogP contribution < -0.4 is 5.32 Å². The molecule has 2 aromatic carbocycles. The van der Waals surface area contributed by atoms with Crippen molar-refractivity contribution in [2.75, 3.05) is 5.32 Å². The molecule has 2 atom stereocenters. The van der Waals surface area contributed by atoms with Gasteiger partial charge >= 0.3 is 0 Å². The van der Waals surface area contributed by atoms with Crippen LogP contribution in [0.3, 0.4) is 0 Å². The summed E-state index contributed by atoms with van der Waals surface area (Å²) in [4.78, 5) is 4.35. The summed E-state index contributed by atoms with van der Waals surface area (Å²) in [6, 6.07) is 16.5. The summed E-state index contributed by atoms with van der Waals surface area (Å²) in [6.07, 6.45) is 2.44. The fourth-order valence-electron chi connectivity index (χ4n) is 3.07. The van der Waals surface area contributed by atoms with Gasteiger partial charge < -0.3 is 5.32 Å². The molecule has 0 spiro atoms. The monoisotopic (exact) mass is 388 g/mol. The summed E-state index contributed by atoms with van der Waals surface area (Å²) in [5, 5.41) is 8.60. The number of anilines is 1. The molecule has 0 fully saturated rings. The molecule has 4 rings (SSSR count). The van der Waals surface area contributed by atoms with Gasteiger partial charge in [0.25, 0.3) is 0 Å². The van der Waals surface area contributed by atoms with Crippen molar-refractivity contribution >= 4 is 33.5 Å². The van der Waals surface area contributed by atoms with Gasteiger partial charge in [0.05, 0.1) is 12.1 Å². The van der Waals surface area contributed by atoms with Gasteiger partial charge in [-0.3, -0.25) is 0 Å². The first kappa shape index (κ1) is 14.7. The average molecular weight is 390 g/mol. The van der Waals surface area contributed by atoms with E-state index in [4.69, 9.17) is 11.6 Å². The molecular formula is C17H14BrClN4. The van der Waals surface area contributed by atoms with Crippen molar-refractivity contribution in [1.82, 2.24) is 14.8 Å². The maximum Gasteiger partial charge on any atom is 0.222 e. The van der Waals surface area contributed by atoms with Gasteiger partial charge in [-0.25, -0.2) is 4.68 Å². The van der Waals surface area contributed by atoms with Crippen molar-refractivity contribution in [3.05, 3.63) is 75.5 Å². The van der Waals surface area contributed by atoms with Crippen LogP contribution >= 0.6 is 27.5 Å². The highest BCUT2D eigenvalue weighted by Gasteiger charge is 2.30. The van der Waals surface area contributed by atoms with Gasteiger partial charge in [0.1, 0.15) is 6.33 Å². The Morgan fingerprint density at radius 1 is 1.17 bits per heavy atom. The molecular weight excluding hydrogens is 376 g/mol. The van der Waals surface area contributed by atoms with E-state index in [2.05, 4.69) is 49.5 Å². The smallest absolute Gasteiger partial charge is 0.222 e. The van der Waals surface area contributed by atoms with E-state index in [1.807, 2.05) is 35.0 Å². The zero-order valence-corrected chi connectivity index (χ0v) is 14.5. The first-order chi connectivity index (χ1) is 11.2. The molecule has 3 aromatic rings. The summed E-state index contributed by atoms with van der Waals surface area (Å²) in [5.74, 6) is 0.770. The van der Waals surface area contributed by atoms with Crippen LogP contribution in [-0.4, -0.2) is 14.8 Å². The first-order valence-electron chi connectivity index (χ1n) is 7.38. The maximum atomic E-state index is 6.39. The third-order valence-electron chi connectivity index (χ3n) is 4.14. The minimum absolute atomic E-state index is 0.101. The zero-order valence-electron chi connectivity index (χ0n) is 12.2. The first-order valence-corrected chi connectivity index (χ1v) is 8.55. The van der Waals surface area contributed by atoms with E-state index in [0.717, 1.165) is 27.4 Å². The molecule has 0 radical (unpaired) electrons. The third-order valence-corrected chi connectivity index (χ3v) is 4.98. The van der Waals surface area contributed by atoms with Gasteiger partial charge in [-0.2, -0.15) is 10.1 Å². The van der Waals surface area contributed by atoms with Gasteiger partial charge in [0, 0.05) is 9.50 Å².